The van der Waals surface area contributed by atoms with E-state index in [-0.39, 0.29) is 0 Å². The van der Waals surface area contributed by atoms with Crippen LogP contribution in [-0.4, -0.2) is 29.0 Å². The van der Waals surface area contributed by atoms with Crippen LogP contribution in [0.1, 0.15) is 5.56 Å². The zero-order chi connectivity index (χ0) is 14.0. The van der Waals surface area contributed by atoms with Gasteiger partial charge in [0.2, 0.25) is 0 Å². The van der Waals surface area contributed by atoms with Gasteiger partial charge in [0.1, 0.15) is 0 Å². The molecule has 2 rings (SSSR count). The fourth-order valence-corrected chi connectivity index (χ4v) is 1.81. The van der Waals surface area contributed by atoms with Gasteiger partial charge >= 0.3 is 11.7 Å². The van der Waals surface area contributed by atoms with E-state index in [0.29, 0.717) is 18.5 Å². The summed E-state index contributed by atoms with van der Waals surface area (Å²) in [6.07, 6.45) is 0.610. The number of carbonyl (C=O) groups excluding carboxylic acids is 1. The van der Waals surface area contributed by atoms with Crippen molar-refractivity contribution in [1.82, 2.24) is 9.47 Å². The second-order valence-electron chi connectivity index (χ2n) is 4.32. The van der Waals surface area contributed by atoms with Crippen LogP contribution in [0.5, 0.6) is 0 Å². The lowest BCUT2D eigenvalue weighted by atomic mass is 10.1. The number of amides is 1. The maximum absolute atomic E-state index is 11.4. The second kappa shape index (κ2) is 4.98. The lowest BCUT2D eigenvalue weighted by Crippen LogP contribution is -2.27. The molecule has 19 heavy (non-hydrogen) atoms. The van der Waals surface area contributed by atoms with E-state index in [1.54, 1.807) is 26.2 Å². The molecule has 0 aliphatic carbocycles. The summed E-state index contributed by atoms with van der Waals surface area (Å²) in [5.41, 5.74) is 2.23. The van der Waals surface area contributed by atoms with Gasteiger partial charge in [-0.1, -0.05) is 6.07 Å². The Morgan fingerprint density at radius 2 is 2.26 bits per heavy atom. The quantitative estimate of drug-likeness (QED) is 0.758. The van der Waals surface area contributed by atoms with Gasteiger partial charge in [-0.3, -0.25) is 9.36 Å². The molecule has 0 spiro atoms. The number of carbonyl (C=O) groups is 1. The molecule has 0 saturated carbocycles. The summed E-state index contributed by atoms with van der Waals surface area (Å²) in [6, 6.07) is 7.00. The molecule has 6 nitrogen and oxygen atoms in total. The van der Waals surface area contributed by atoms with Crippen LogP contribution < -0.4 is 5.76 Å². The summed E-state index contributed by atoms with van der Waals surface area (Å²) in [4.78, 5) is 23.8. The van der Waals surface area contributed by atoms with Crippen LogP contribution in [0.2, 0.25) is 0 Å². The maximum atomic E-state index is 11.4. The van der Waals surface area contributed by atoms with E-state index in [0.717, 1.165) is 11.1 Å². The SMILES string of the molecule is CN(CCc1ccc2oc(=O)n(C)c2c1)C(=O)C#N. The van der Waals surface area contributed by atoms with E-state index in [9.17, 15) is 9.59 Å². The minimum absolute atomic E-state index is 0.399. The highest BCUT2D eigenvalue weighted by Gasteiger charge is 2.09. The number of hydrogen-bond acceptors (Lipinski definition) is 4. The molecule has 0 aliphatic heterocycles. The number of nitriles is 1. The lowest BCUT2D eigenvalue weighted by molar-refractivity contribution is -0.124. The fraction of sp³-hybridized carbons (Fsp3) is 0.308. The van der Waals surface area contributed by atoms with E-state index in [4.69, 9.17) is 9.68 Å². The van der Waals surface area contributed by atoms with Crippen LogP contribution in [0.15, 0.2) is 27.4 Å². The van der Waals surface area contributed by atoms with Crippen LogP contribution in [-0.2, 0) is 18.3 Å². The van der Waals surface area contributed by atoms with Gasteiger partial charge in [-0.05, 0) is 24.1 Å². The van der Waals surface area contributed by atoms with Crippen LogP contribution in [0.3, 0.4) is 0 Å². The molecule has 0 saturated heterocycles. The summed E-state index contributed by atoms with van der Waals surface area (Å²) < 4.78 is 6.47. The van der Waals surface area contributed by atoms with Crippen LogP contribution in [0.4, 0.5) is 0 Å². The topological polar surface area (TPSA) is 79.2 Å². The molecule has 1 aromatic heterocycles. The molecule has 0 aliphatic rings. The summed E-state index contributed by atoms with van der Waals surface area (Å²) in [7, 11) is 3.22. The highest BCUT2D eigenvalue weighted by molar-refractivity contribution is 5.91. The predicted octanol–water partition coefficient (Wildman–Crippen LogP) is 0.656. The molecule has 1 aromatic carbocycles. The normalized spacial score (nSPS) is 10.4. The van der Waals surface area contributed by atoms with E-state index in [2.05, 4.69) is 0 Å². The van der Waals surface area contributed by atoms with Crippen molar-refractivity contribution in [2.75, 3.05) is 13.6 Å². The number of aryl methyl sites for hydroxylation is 1. The molecule has 0 unspecified atom stereocenters. The predicted molar refractivity (Wildman–Crippen MR) is 68.4 cm³/mol. The first-order valence-electron chi connectivity index (χ1n) is 5.76. The molecule has 0 radical (unpaired) electrons. The van der Waals surface area contributed by atoms with Gasteiger partial charge in [-0.2, -0.15) is 5.26 Å². The van der Waals surface area contributed by atoms with E-state index in [1.165, 1.54) is 9.47 Å². The Balaban J connectivity index is 2.18. The van der Waals surface area contributed by atoms with Crippen LogP contribution >= 0.6 is 0 Å². The van der Waals surface area contributed by atoms with Crippen molar-refractivity contribution in [2.45, 2.75) is 6.42 Å². The van der Waals surface area contributed by atoms with Crippen LogP contribution in [0.25, 0.3) is 11.1 Å². The van der Waals surface area contributed by atoms with Crippen molar-refractivity contribution < 1.29 is 9.21 Å². The van der Waals surface area contributed by atoms with Gasteiger partial charge in [0.05, 0.1) is 5.52 Å². The van der Waals surface area contributed by atoms with Crippen LogP contribution in [0, 0.1) is 11.3 Å². The number of oxazole rings is 1. The Hall–Kier alpha value is -2.55. The monoisotopic (exact) mass is 259 g/mol. The van der Waals surface area contributed by atoms with Crippen molar-refractivity contribution >= 4 is 17.0 Å². The van der Waals surface area contributed by atoms with E-state index >= 15 is 0 Å². The fourth-order valence-electron chi connectivity index (χ4n) is 1.81. The molecule has 1 heterocycles. The molecule has 6 heteroatoms. The van der Waals surface area contributed by atoms with E-state index in [1.807, 2.05) is 12.1 Å². The third-order valence-electron chi connectivity index (χ3n) is 3.03. The minimum atomic E-state index is -0.559. The average Bonchev–Trinajstić information content (AvgIpc) is 2.70. The smallest absolute Gasteiger partial charge is 0.408 e. The lowest BCUT2D eigenvalue weighted by Gasteiger charge is -2.12. The second-order valence-corrected chi connectivity index (χ2v) is 4.32. The number of fused-ring (bicyclic) bond motifs is 1. The van der Waals surface area contributed by atoms with Gasteiger partial charge in [0.25, 0.3) is 0 Å². The highest BCUT2D eigenvalue weighted by atomic mass is 16.4. The van der Waals surface area contributed by atoms with Gasteiger partial charge in [-0.25, -0.2) is 4.79 Å². The number of nitrogens with zero attached hydrogens (tertiary/aromatic N) is 3. The van der Waals surface area contributed by atoms with Crippen molar-refractivity contribution in [2.24, 2.45) is 7.05 Å². The molecule has 0 fully saturated rings. The average molecular weight is 259 g/mol. The van der Waals surface area contributed by atoms with Gasteiger partial charge in [-0.15, -0.1) is 0 Å². The molecular weight excluding hydrogens is 246 g/mol. The van der Waals surface area contributed by atoms with Crippen molar-refractivity contribution in [3.05, 3.63) is 34.3 Å². The first kappa shape index (κ1) is 12.9. The van der Waals surface area contributed by atoms with Crippen molar-refractivity contribution in [3.8, 4) is 6.07 Å². The zero-order valence-corrected chi connectivity index (χ0v) is 10.7. The number of rotatable bonds is 3. The molecule has 0 bridgehead atoms. The van der Waals surface area contributed by atoms with Crippen molar-refractivity contribution in [1.29, 1.82) is 5.26 Å². The first-order chi connectivity index (χ1) is 9.02. The number of benzene rings is 1. The molecule has 2 aromatic rings. The zero-order valence-electron chi connectivity index (χ0n) is 10.7. The Labute approximate surface area is 109 Å². The Kier molecular flexibility index (Phi) is 3.38. The minimum Gasteiger partial charge on any atom is -0.408 e. The van der Waals surface area contributed by atoms with Gasteiger partial charge in [0.15, 0.2) is 11.7 Å². The molecule has 0 atom stereocenters. The molecule has 1 amide bonds. The number of aromatic nitrogens is 1. The maximum Gasteiger partial charge on any atom is 0.419 e. The third-order valence-corrected chi connectivity index (χ3v) is 3.03. The van der Waals surface area contributed by atoms with Gasteiger partial charge in [0, 0.05) is 20.6 Å². The Bertz CT molecular complexity index is 721. The Morgan fingerprint density at radius 1 is 1.53 bits per heavy atom. The largest absolute Gasteiger partial charge is 0.419 e. The highest BCUT2D eigenvalue weighted by Crippen LogP contribution is 2.14. The summed E-state index contributed by atoms with van der Waals surface area (Å²) in [5.74, 6) is -0.958. The molecular formula is C13H13N3O3. The summed E-state index contributed by atoms with van der Waals surface area (Å²) in [5, 5.41) is 8.49. The molecule has 0 N–H and O–H groups in total. The van der Waals surface area contributed by atoms with Crippen molar-refractivity contribution in [3.63, 3.8) is 0 Å². The number of hydrogen-bond donors (Lipinski definition) is 0. The Morgan fingerprint density at radius 3 is 2.95 bits per heavy atom. The summed E-state index contributed by atoms with van der Waals surface area (Å²) in [6.45, 7) is 0.448. The third kappa shape index (κ3) is 2.50. The number of likely N-dealkylation sites (N-methyl/N-ethyl adjacent to an activating group) is 1. The summed E-state index contributed by atoms with van der Waals surface area (Å²) >= 11 is 0. The molecule has 98 valence electrons. The van der Waals surface area contributed by atoms with Gasteiger partial charge < -0.3 is 9.32 Å². The van der Waals surface area contributed by atoms with E-state index < -0.39 is 11.7 Å². The standard InChI is InChI=1S/C13H13N3O3/c1-15(12(17)8-14)6-5-9-3-4-11-10(7-9)16(2)13(18)19-11/h3-4,7H,5-6H2,1-2H3. The first-order valence-corrected chi connectivity index (χ1v) is 5.76.